The van der Waals surface area contributed by atoms with Gasteiger partial charge in [0.15, 0.2) is 0 Å². The van der Waals surface area contributed by atoms with Gasteiger partial charge in [0.1, 0.15) is 0 Å². The molecule has 1 atom stereocenters. The Hall–Kier alpha value is -0.520. The summed E-state index contributed by atoms with van der Waals surface area (Å²) in [6, 6.07) is 0. The van der Waals surface area contributed by atoms with Gasteiger partial charge in [-0.15, -0.1) is 0 Å². The van der Waals surface area contributed by atoms with Crippen molar-refractivity contribution in [3.8, 4) is 0 Å². The molecule has 1 aliphatic rings. The maximum absolute atomic E-state index is 2.48. The van der Waals surface area contributed by atoms with Crippen molar-refractivity contribution in [3.63, 3.8) is 0 Å². The van der Waals surface area contributed by atoms with Crippen LogP contribution in [0.25, 0.3) is 0 Å². The third-order valence-electron chi connectivity index (χ3n) is 4.93. The first-order chi connectivity index (χ1) is 7.32. The van der Waals surface area contributed by atoms with Gasteiger partial charge in [0.05, 0.1) is 0 Å². The molecule has 0 bridgehead atoms. The Labute approximate surface area is 102 Å². The summed E-state index contributed by atoms with van der Waals surface area (Å²) in [7, 11) is 0. The first-order valence-corrected chi connectivity index (χ1v) is 6.59. The van der Waals surface area contributed by atoms with Crippen molar-refractivity contribution < 1.29 is 0 Å². The van der Waals surface area contributed by atoms with E-state index in [0.29, 0.717) is 10.8 Å². The molecule has 0 aliphatic heterocycles. The van der Waals surface area contributed by atoms with E-state index in [0.717, 1.165) is 0 Å². The SMILES string of the molecule is C/C=C/CC(C)(C)C1(C)CCC(C)=C(C)C1. The van der Waals surface area contributed by atoms with Gasteiger partial charge in [0.25, 0.3) is 0 Å². The molecular formula is C16H28. The van der Waals surface area contributed by atoms with E-state index in [1.54, 1.807) is 11.1 Å². The first-order valence-electron chi connectivity index (χ1n) is 6.59. The molecule has 1 unspecified atom stereocenters. The molecule has 0 radical (unpaired) electrons. The Morgan fingerprint density at radius 1 is 1.25 bits per heavy atom. The Morgan fingerprint density at radius 2 is 1.88 bits per heavy atom. The first kappa shape index (κ1) is 13.5. The van der Waals surface area contributed by atoms with Crippen molar-refractivity contribution in [1.29, 1.82) is 0 Å². The van der Waals surface area contributed by atoms with Crippen molar-refractivity contribution >= 4 is 0 Å². The van der Waals surface area contributed by atoms with Gasteiger partial charge >= 0.3 is 0 Å². The molecule has 0 saturated carbocycles. The average molecular weight is 220 g/mol. The molecule has 0 aromatic rings. The van der Waals surface area contributed by atoms with E-state index in [1.807, 2.05) is 0 Å². The fourth-order valence-electron chi connectivity index (χ4n) is 2.74. The molecule has 0 amide bonds. The molecule has 92 valence electrons. The summed E-state index contributed by atoms with van der Waals surface area (Å²) in [4.78, 5) is 0. The van der Waals surface area contributed by atoms with Gasteiger partial charge in [-0.3, -0.25) is 0 Å². The van der Waals surface area contributed by atoms with E-state index in [4.69, 9.17) is 0 Å². The number of rotatable bonds is 3. The highest BCUT2D eigenvalue weighted by atomic mass is 14.5. The van der Waals surface area contributed by atoms with Crippen LogP contribution >= 0.6 is 0 Å². The largest absolute Gasteiger partial charge is 0.0916 e. The molecule has 0 fully saturated rings. The summed E-state index contributed by atoms with van der Waals surface area (Å²) in [6.45, 7) is 14.1. The van der Waals surface area contributed by atoms with Gasteiger partial charge in [0, 0.05) is 0 Å². The zero-order chi connectivity index (χ0) is 12.4. The maximum Gasteiger partial charge on any atom is -0.0231 e. The summed E-state index contributed by atoms with van der Waals surface area (Å²) in [5.74, 6) is 0. The van der Waals surface area contributed by atoms with Crippen molar-refractivity contribution in [2.45, 2.75) is 67.2 Å². The van der Waals surface area contributed by atoms with Crippen molar-refractivity contribution in [2.24, 2.45) is 10.8 Å². The zero-order valence-electron chi connectivity index (χ0n) is 12.0. The Morgan fingerprint density at radius 3 is 2.38 bits per heavy atom. The highest BCUT2D eigenvalue weighted by Crippen LogP contribution is 2.52. The lowest BCUT2D eigenvalue weighted by atomic mass is 9.58. The molecule has 0 spiro atoms. The molecule has 0 heteroatoms. The third kappa shape index (κ3) is 2.59. The van der Waals surface area contributed by atoms with Gasteiger partial charge in [-0.1, -0.05) is 44.1 Å². The van der Waals surface area contributed by atoms with Crippen LogP contribution in [-0.2, 0) is 0 Å². The maximum atomic E-state index is 2.48. The molecular weight excluding hydrogens is 192 g/mol. The summed E-state index contributed by atoms with van der Waals surface area (Å²) >= 11 is 0. The van der Waals surface area contributed by atoms with Crippen LogP contribution in [0.2, 0.25) is 0 Å². The Bertz CT molecular complexity index is 304. The molecule has 0 heterocycles. The standard InChI is InChI=1S/C16H28/c1-7-8-10-15(4,5)16(6)11-9-13(2)14(3)12-16/h7-8H,9-12H2,1-6H3/b8-7+. The van der Waals surface area contributed by atoms with E-state index in [-0.39, 0.29) is 0 Å². The minimum atomic E-state index is 0.404. The normalized spacial score (nSPS) is 27.9. The van der Waals surface area contributed by atoms with E-state index < -0.39 is 0 Å². The molecule has 0 saturated heterocycles. The lowest BCUT2D eigenvalue weighted by molar-refractivity contribution is 0.0734. The van der Waals surface area contributed by atoms with Crippen LogP contribution in [-0.4, -0.2) is 0 Å². The van der Waals surface area contributed by atoms with Crippen molar-refractivity contribution in [3.05, 3.63) is 23.3 Å². The van der Waals surface area contributed by atoms with Gasteiger partial charge in [-0.25, -0.2) is 0 Å². The fraction of sp³-hybridized carbons (Fsp3) is 0.750. The second kappa shape index (κ2) is 4.77. The summed E-state index contributed by atoms with van der Waals surface area (Å²) in [5.41, 5.74) is 4.12. The van der Waals surface area contributed by atoms with Crippen LogP contribution in [0.3, 0.4) is 0 Å². The van der Waals surface area contributed by atoms with Crippen LogP contribution in [0.4, 0.5) is 0 Å². The van der Waals surface area contributed by atoms with Crippen LogP contribution in [0.1, 0.15) is 67.2 Å². The van der Waals surface area contributed by atoms with Crippen LogP contribution in [0, 0.1) is 10.8 Å². The second-order valence-corrected chi connectivity index (χ2v) is 6.46. The predicted octanol–water partition coefficient (Wildman–Crippen LogP) is 5.51. The van der Waals surface area contributed by atoms with Crippen molar-refractivity contribution in [1.82, 2.24) is 0 Å². The smallest absolute Gasteiger partial charge is 0.0231 e. The van der Waals surface area contributed by atoms with Crippen LogP contribution in [0.5, 0.6) is 0 Å². The minimum absolute atomic E-state index is 0.404. The summed E-state index contributed by atoms with van der Waals surface area (Å²) < 4.78 is 0. The Kier molecular flexibility index (Phi) is 4.04. The molecule has 1 aliphatic carbocycles. The lowest BCUT2D eigenvalue weighted by Crippen LogP contribution is -2.37. The van der Waals surface area contributed by atoms with Gasteiger partial charge in [-0.05, 0) is 57.3 Å². The van der Waals surface area contributed by atoms with E-state index >= 15 is 0 Å². The van der Waals surface area contributed by atoms with Gasteiger partial charge in [0.2, 0.25) is 0 Å². The number of allylic oxidation sites excluding steroid dienone is 4. The minimum Gasteiger partial charge on any atom is -0.0916 e. The molecule has 0 aromatic carbocycles. The number of hydrogen-bond acceptors (Lipinski definition) is 0. The van der Waals surface area contributed by atoms with E-state index in [9.17, 15) is 0 Å². The fourth-order valence-corrected chi connectivity index (χ4v) is 2.74. The zero-order valence-corrected chi connectivity index (χ0v) is 12.0. The highest BCUT2D eigenvalue weighted by Gasteiger charge is 2.41. The quantitative estimate of drug-likeness (QED) is 0.550. The van der Waals surface area contributed by atoms with Gasteiger partial charge < -0.3 is 0 Å². The second-order valence-electron chi connectivity index (χ2n) is 6.46. The molecule has 0 aromatic heterocycles. The predicted molar refractivity (Wildman–Crippen MR) is 73.5 cm³/mol. The van der Waals surface area contributed by atoms with E-state index in [2.05, 4.69) is 53.7 Å². The van der Waals surface area contributed by atoms with Crippen molar-refractivity contribution in [2.75, 3.05) is 0 Å². The Balaban J connectivity index is 2.86. The van der Waals surface area contributed by atoms with Gasteiger partial charge in [-0.2, -0.15) is 0 Å². The third-order valence-corrected chi connectivity index (χ3v) is 4.93. The lowest BCUT2D eigenvalue weighted by Gasteiger charge is -2.47. The van der Waals surface area contributed by atoms with Crippen LogP contribution < -0.4 is 0 Å². The summed E-state index contributed by atoms with van der Waals surface area (Å²) in [5, 5.41) is 0. The molecule has 1 rings (SSSR count). The average Bonchev–Trinajstić information content (AvgIpc) is 2.21. The monoisotopic (exact) mass is 220 g/mol. The number of hydrogen-bond donors (Lipinski definition) is 0. The summed E-state index contributed by atoms with van der Waals surface area (Å²) in [6.07, 6.45) is 9.63. The molecule has 0 nitrogen and oxygen atoms in total. The van der Waals surface area contributed by atoms with Crippen LogP contribution in [0.15, 0.2) is 23.3 Å². The topological polar surface area (TPSA) is 0 Å². The van der Waals surface area contributed by atoms with E-state index in [1.165, 1.54) is 25.7 Å². The molecule has 0 N–H and O–H groups in total. The highest BCUT2D eigenvalue weighted by molar-refractivity contribution is 5.18. The molecule has 16 heavy (non-hydrogen) atoms.